The number of aryl methyl sites for hydroxylation is 1. The number of carbonyl (C=O) groups is 3. The molecule has 6 rings (SSSR count). The zero-order valence-corrected chi connectivity index (χ0v) is 26.2. The third-order valence-corrected chi connectivity index (χ3v) is 8.45. The zero-order chi connectivity index (χ0) is 32.8. The molecule has 0 saturated carbocycles. The number of hydrogen-bond donors (Lipinski definition) is 2. The molecule has 4 bridgehead atoms. The van der Waals surface area contributed by atoms with Crippen molar-refractivity contribution in [3.8, 4) is 17.2 Å². The maximum Gasteiger partial charge on any atom is 0.258 e. The van der Waals surface area contributed by atoms with Crippen LogP contribution in [-0.2, 0) is 27.3 Å². The van der Waals surface area contributed by atoms with Gasteiger partial charge in [-0.25, -0.2) is 9.37 Å². The molecule has 248 valence electrons. The molecule has 0 spiro atoms. The van der Waals surface area contributed by atoms with Crippen molar-refractivity contribution < 1.29 is 37.7 Å². The molecular weight excluding hydrogens is 609 g/mol. The quantitative estimate of drug-likeness (QED) is 0.440. The van der Waals surface area contributed by atoms with Gasteiger partial charge in [-0.05, 0) is 53.9 Å². The lowest BCUT2D eigenvalue weighted by molar-refractivity contribution is -0.125. The Morgan fingerprint density at radius 1 is 1.00 bits per heavy atom. The van der Waals surface area contributed by atoms with Crippen LogP contribution in [0.1, 0.15) is 34.3 Å². The van der Waals surface area contributed by atoms with Crippen LogP contribution in [0, 0.1) is 5.82 Å². The summed E-state index contributed by atoms with van der Waals surface area (Å²) in [6, 6.07) is 12.5. The Balaban J connectivity index is 1.22. The molecule has 3 aliphatic heterocycles. The van der Waals surface area contributed by atoms with E-state index in [9.17, 15) is 18.8 Å². The Bertz CT molecular complexity index is 1600. The summed E-state index contributed by atoms with van der Waals surface area (Å²) in [4.78, 5) is 47.7. The van der Waals surface area contributed by atoms with E-state index in [2.05, 4.69) is 20.5 Å². The van der Waals surface area contributed by atoms with Gasteiger partial charge in [0.2, 0.25) is 5.91 Å². The first-order chi connectivity index (χ1) is 22.8. The van der Waals surface area contributed by atoms with Gasteiger partial charge in [0.05, 0.1) is 31.9 Å². The largest absolute Gasteiger partial charge is 0.493 e. The van der Waals surface area contributed by atoms with Crippen molar-refractivity contribution in [2.75, 3.05) is 58.0 Å². The standard InChI is InChI=1S/C34H38FN5O7/c1-44-29-5-2-22-3-7-32(41)37-18-23-14-25(35)17-26(15-23)47-28-8-9-40(20-27(28)38-33(42)21-46-30(29)16-22)34(43)24-4-6-31(36-19-24)39-10-12-45-13-11-39/h2,4-6,14-17,19,27-28H,3,7-13,18,20-21H2,1H3,(H,37,41)(H,38,42)/t27-,28-/m1/s1. The molecule has 3 aliphatic rings. The molecule has 3 aromatic rings. The van der Waals surface area contributed by atoms with Crippen molar-refractivity contribution >= 4 is 23.5 Å². The third kappa shape index (κ3) is 8.09. The van der Waals surface area contributed by atoms with Gasteiger partial charge >= 0.3 is 0 Å². The average molecular weight is 648 g/mol. The van der Waals surface area contributed by atoms with Crippen LogP contribution in [0.3, 0.4) is 0 Å². The molecule has 13 heteroatoms. The number of fused-ring (bicyclic) bond motifs is 5. The van der Waals surface area contributed by atoms with E-state index in [-0.39, 0.29) is 43.7 Å². The maximum absolute atomic E-state index is 14.7. The van der Waals surface area contributed by atoms with Crippen molar-refractivity contribution in [1.82, 2.24) is 20.5 Å². The number of nitrogens with one attached hydrogen (secondary N) is 2. The Morgan fingerprint density at radius 2 is 1.85 bits per heavy atom. The number of halogens is 1. The predicted molar refractivity (Wildman–Crippen MR) is 169 cm³/mol. The molecule has 47 heavy (non-hydrogen) atoms. The molecule has 4 heterocycles. The van der Waals surface area contributed by atoms with Crippen LogP contribution < -0.4 is 29.7 Å². The van der Waals surface area contributed by atoms with Crippen LogP contribution in [0.4, 0.5) is 10.2 Å². The van der Waals surface area contributed by atoms with Gasteiger partial charge in [0.1, 0.15) is 23.5 Å². The van der Waals surface area contributed by atoms with Gasteiger partial charge in [-0.3, -0.25) is 14.4 Å². The summed E-state index contributed by atoms with van der Waals surface area (Å²) >= 11 is 0. The van der Waals surface area contributed by atoms with Gasteiger partial charge in [0.25, 0.3) is 11.8 Å². The van der Waals surface area contributed by atoms with Crippen LogP contribution in [0.15, 0.2) is 54.7 Å². The number of morpholine rings is 1. The fraction of sp³-hybridized carbons (Fsp3) is 0.412. The molecule has 2 saturated heterocycles. The fourth-order valence-corrected chi connectivity index (χ4v) is 5.96. The van der Waals surface area contributed by atoms with E-state index >= 15 is 0 Å². The first kappa shape index (κ1) is 32.0. The minimum atomic E-state index is -0.636. The number of piperidine rings is 1. The van der Waals surface area contributed by atoms with Crippen LogP contribution in [0.2, 0.25) is 0 Å². The summed E-state index contributed by atoms with van der Waals surface area (Å²) < 4.78 is 37.6. The van der Waals surface area contributed by atoms with E-state index in [0.29, 0.717) is 55.2 Å². The van der Waals surface area contributed by atoms with Crippen LogP contribution >= 0.6 is 0 Å². The highest BCUT2D eigenvalue weighted by molar-refractivity contribution is 5.94. The number of amides is 3. The summed E-state index contributed by atoms with van der Waals surface area (Å²) in [7, 11) is 1.51. The number of pyridine rings is 1. The predicted octanol–water partition coefficient (Wildman–Crippen LogP) is 2.49. The van der Waals surface area contributed by atoms with Crippen LogP contribution in [0.5, 0.6) is 17.2 Å². The molecule has 0 aliphatic carbocycles. The van der Waals surface area contributed by atoms with Crippen molar-refractivity contribution in [3.05, 3.63) is 77.2 Å². The highest BCUT2D eigenvalue weighted by Crippen LogP contribution is 2.29. The second kappa shape index (κ2) is 14.7. The van der Waals surface area contributed by atoms with E-state index in [0.717, 1.165) is 24.5 Å². The molecule has 2 N–H and O–H groups in total. The smallest absolute Gasteiger partial charge is 0.258 e. The third-order valence-electron chi connectivity index (χ3n) is 8.45. The van der Waals surface area contributed by atoms with Gasteiger partial charge < -0.3 is 39.4 Å². The van der Waals surface area contributed by atoms with Crippen LogP contribution in [-0.4, -0.2) is 92.9 Å². The Morgan fingerprint density at radius 3 is 2.64 bits per heavy atom. The summed E-state index contributed by atoms with van der Waals surface area (Å²) in [5.74, 6) is 0.503. The lowest BCUT2D eigenvalue weighted by Crippen LogP contribution is -2.58. The number of carbonyl (C=O) groups excluding carboxylic acids is 3. The first-order valence-electron chi connectivity index (χ1n) is 15.7. The number of likely N-dealkylation sites (tertiary alicyclic amines) is 1. The topological polar surface area (TPSA) is 132 Å². The molecule has 2 aromatic carbocycles. The van der Waals surface area contributed by atoms with Gasteiger partial charge in [-0.2, -0.15) is 0 Å². The molecule has 12 nitrogen and oxygen atoms in total. The van der Waals surface area contributed by atoms with E-state index in [4.69, 9.17) is 18.9 Å². The summed E-state index contributed by atoms with van der Waals surface area (Å²) in [6.07, 6.45) is 1.99. The molecule has 0 radical (unpaired) electrons. The number of hydrogen-bond acceptors (Lipinski definition) is 9. The van der Waals surface area contributed by atoms with Gasteiger partial charge in [0.15, 0.2) is 18.1 Å². The minimum absolute atomic E-state index is 0.120. The minimum Gasteiger partial charge on any atom is -0.493 e. The average Bonchev–Trinajstić information content (AvgIpc) is 3.09. The maximum atomic E-state index is 14.7. The van der Waals surface area contributed by atoms with E-state index in [1.54, 1.807) is 35.4 Å². The van der Waals surface area contributed by atoms with Crippen molar-refractivity contribution in [2.24, 2.45) is 0 Å². The zero-order valence-electron chi connectivity index (χ0n) is 26.2. The Labute approximate surface area is 272 Å². The monoisotopic (exact) mass is 647 g/mol. The van der Waals surface area contributed by atoms with Crippen molar-refractivity contribution in [2.45, 2.75) is 38.0 Å². The molecule has 1 aromatic heterocycles. The van der Waals surface area contributed by atoms with Gasteiger partial charge in [0, 0.05) is 57.8 Å². The highest BCUT2D eigenvalue weighted by atomic mass is 19.1. The number of ether oxygens (including phenoxy) is 4. The van der Waals surface area contributed by atoms with Gasteiger partial charge in [-0.1, -0.05) is 6.07 Å². The number of methoxy groups -OCH3 is 1. The highest BCUT2D eigenvalue weighted by Gasteiger charge is 2.35. The molecule has 3 amide bonds. The van der Waals surface area contributed by atoms with E-state index < -0.39 is 23.9 Å². The first-order valence-corrected chi connectivity index (χ1v) is 15.7. The molecule has 2 fully saturated rings. The summed E-state index contributed by atoms with van der Waals surface area (Å²) in [6.45, 7) is 3.02. The fourth-order valence-electron chi connectivity index (χ4n) is 5.96. The van der Waals surface area contributed by atoms with Crippen molar-refractivity contribution in [1.29, 1.82) is 0 Å². The lowest BCUT2D eigenvalue weighted by atomic mass is 10.0. The SMILES string of the molecule is COc1ccc2cc1OCC(=O)N[C@@H]1CN(C(=O)c3ccc(N4CCOCC4)nc3)CC[C@H]1Oc1cc(F)cc(c1)CNC(=O)CC2. The van der Waals surface area contributed by atoms with Crippen molar-refractivity contribution in [3.63, 3.8) is 0 Å². The molecular formula is C34H38FN5O7. The second-order valence-corrected chi connectivity index (χ2v) is 11.7. The normalized spacial score (nSPS) is 20.7. The van der Waals surface area contributed by atoms with E-state index in [1.165, 1.54) is 19.2 Å². The Hall–Kier alpha value is -4.91. The van der Waals surface area contributed by atoms with Gasteiger partial charge in [-0.15, -0.1) is 0 Å². The number of nitrogens with zero attached hydrogens (tertiary/aromatic N) is 3. The molecule has 2 atom stereocenters. The van der Waals surface area contributed by atoms with E-state index in [1.807, 2.05) is 12.1 Å². The Kier molecular flexibility index (Phi) is 10.0. The molecule has 0 unspecified atom stereocenters. The van der Waals surface area contributed by atoms with Crippen LogP contribution in [0.25, 0.3) is 0 Å². The lowest BCUT2D eigenvalue weighted by Gasteiger charge is -2.39. The number of aromatic nitrogens is 1. The number of anilines is 1. The summed E-state index contributed by atoms with van der Waals surface area (Å²) in [5, 5.41) is 5.82. The summed E-state index contributed by atoms with van der Waals surface area (Å²) in [5.41, 5.74) is 1.80. The number of benzene rings is 2. The number of rotatable bonds is 3. The second-order valence-electron chi connectivity index (χ2n) is 11.7.